The molecule has 1 N–H and O–H groups in total. The van der Waals surface area contributed by atoms with Crippen LogP contribution in [0.5, 0.6) is 0 Å². The third-order valence-electron chi connectivity index (χ3n) is 4.42. The zero-order valence-electron chi connectivity index (χ0n) is 14.0. The van der Waals surface area contributed by atoms with Gasteiger partial charge in [-0.1, -0.05) is 84.4 Å². The largest absolute Gasteiger partial charge is 0.344 e. The molecular formula is C22H17ClN2S. The van der Waals surface area contributed by atoms with Crippen LogP contribution < -0.4 is 5.32 Å². The monoisotopic (exact) mass is 376 g/mol. The molecule has 0 unspecified atom stereocenters. The quantitative estimate of drug-likeness (QED) is 0.419. The maximum Gasteiger partial charge on any atom is 0.183 e. The van der Waals surface area contributed by atoms with Crippen molar-refractivity contribution in [2.75, 3.05) is 5.32 Å². The van der Waals surface area contributed by atoms with E-state index in [-0.39, 0.29) is 0 Å². The fourth-order valence-corrected chi connectivity index (χ4v) is 3.95. The molecule has 1 heterocycles. The number of aromatic nitrogens is 1. The molecule has 0 fully saturated rings. The average molecular weight is 377 g/mol. The van der Waals surface area contributed by atoms with Gasteiger partial charge in [-0.25, -0.2) is 4.98 Å². The Labute approximate surface area is 162 Å². The molecule has 0 aliphatic rings. The summed E-state index contributed by atoms with van der Waals surface area (Å²) in [6.07, 6.45) is 1.82. The number of anilines is 1. The second kappa shape index (κ2) is 7.32. The highest BCUT2D eigenvalue weighted by Gasteiger charge is 2.36. The maximum atomic E-state index is 6.17. The first kappa shape index (κ1) is 16.8. The van der Waals surface area contributed by atoms with Crippen molar-refractivity contribution in [3.8, 4) is 0 Å². The lowest BCUT2D eigenvalue weighted by Crippen LogP contribution is -2.38. The van der Waals surface area contributed by atoms with Crippen molar-refractivity contribution in [1.82, 2.24) is 4.98 Å². The third-order valence-corrected chi connectivity index (χ3v) is 5.36. The van der Waals surface area contributed by atoms with E-state index in [1.54, 1.807) is 11.3 Å². The molecule has 0 bridgehead atoms. The molecule has 2 nitrogen and oxygen atoms in total. The highest BCUT2D eigenvalue weighted by atomic mass is 35.5. The normalized spacial score (nSPS) is 11.3. The number of halogens is 1. The Morgan fingerprint density at radius 3 is 1.77 bits per heavy atom. The molecular weight excluding hydrogens is 360 g/mol. The molecule has 0 amide bonds. The zero-order chi connectivity index (χ0) is 17.8. The second-order valence-electron chi connectivity index (χ2n) is 5.95. The van der Waals surface area contributed by atoms with Crippen LogP contribution in [0.1, 0.15) is 16.7 Å². The van der Waals surface area contributed by atoms with Crippen LogP contribution in [0.4, 0.5) is 5.13 Å². The smallest absolute Gasteiger partial charge is 0.183 e. The van der Waals surface area contributed by atoms with E-state index in [0.29, 0.717) is 0 Å². The molecule has 0 saturated heterocycles. The minimum Gasteiger partial charge on any atom is -0.344 e. The fraction of sp³-hybridized carbons (Fsp3) is 0.0455. The Morgan fingerprint density at radius 1 is 0.731 bits per heavy atom. The first-order valence-corrected chi connectivity index (χ1v) is 9.59. The number of nitrogens with one attached hydrogen (secondary N) is 1. The highest BCUT2D eigenvalue weighted by Crippen LogP contribution is 2.40. The van der Waals surface area contributed by atoms with Crippen molar-refractivity contribution in [3.05, 3.63) is 118 Å². The predicted octanol–water partition coefficient (Wildman–Crippen LogP) is 6.20. The molecule has 1 aromatic heterocycles. The van der Waals surface area contributed by atoms with Gasteiger partial charge in [0.15, 0.2) is 5.13 Å². The Balaban J connectivity index is 2.00. The number of nitrogens with zero attached hydrogens (tertiary/aromatic N) is 1. The molecule has 0 spiro atoms. The van der Waals surface area contributed by atoms with Gasteiger partial charge >= 0.3 is 0 Å². The van der Waals surface area contributed by atoms with Crippen molar-refractivity contribution >= 4 is 28.1 Å². The maximum absolute atomic E-state index is 6.17. The van der Waals surface area contributed by atoms with Gasteiger partial charge in [-0.3, -0.25) is 0 Å². The summed E-state index contributed by atoms with van der Waals surface area (Å²) in [6, 6.07) is 28.9. The number of rotatable bonds is 5. The molecule has 0 aliphatic heterocycles. The lowest BCUT2D eigenvalue weighted by Gasteiger charge is -2.36. The van der Waals surface area contributed by atoms with E-state index >= 15 is 0 Å². The minimum absolute atomic E-state index is 0.565. The standard InChI is InChI=1S/C22H17ClN2S/c23-20-13-11-19(12-14-20)22(17-7-3-1-4-8-17,18-9-5-2-6-10-18)25-21-24-15-16-26-21/h1-16H,(H,24,25). The van der Waals surface area contributed by atoms with Gasteiger partial charge in [0, 0.05) is 16.6 Å². The summed E-state index contributed by atoms with van der Waals surface area (Å²) in [6.45, 7) is 0. The van der Waals surface area contributed by atoms with Crippen LogP contribution in [0, 0.1) is 0 Å². The van der Waals surface area contributed by atoms with Crippen LogP contribution in [-0.2, 0) is 5.54 Å². The Kier molecular flexibility index (Phi) is 4.74. The van der Waals surface area contributed by atoms with Gasteiger partial charge in [0.25, 0.3) is 0 Å². The van der Waals surface area contributed by atoms with Crippen LogP contribution in [-0.4, -0.2) is 4.98 Å². The Hall–Kier alpha value is -2.62. The topological polar surface area (TPSA) is 24.9 Å². The van der Waals surface area contributed by atoms with E-state index in [2.05, 4.69) is 71.0 Å². The van der Waals surface area contributed by atoms with Crippen molar-refractivity contribution in [1.29, 1.82) is 0 Å². The van der Waals surface area contributed by atoms with Crippen LogP contribution >= 0.6 is 22.9 Å². The van der Waals surface area contributed by atoms with Crippen molar-refractivity contribution < 1.29 is 0 Å². The van der Waals surface area contributed by atoms with E-state index in [1.807, 2.05) is 35.8 Å². The minimum atomic E-state index is -0.565. The van der Waals surface area contributed by atoms with Gasteiger partial charge in [-0.2, -0.15) is 0 Å². The molecule has 4 aromatic rings. The van der Waals surface area contributed by atoms with Gasteiger partial charge in [-0.15, -0.1) is 11.3 Å². The van der Waals surface area contributed by atoms with E-state index in [1.165, 1.54) is 0 Å². The van der Waals surface area contributed by atoms with Gasteiger partial charge in [-0.05, 0) is 28.8 Å². The summed E-state index contributed by atoms with van der Waals surface area (Å²) < 4.78 is 0. The summed E-state index contributed by atoms with van der Waals surface area (Å²) in [5.41, 5.74) is 2.83. The Bertz CT molecular complexity index is 913. The molecule has 3 aromatic carbocycles. The van der Waals surface area contributed by atoms with E-state index in [0.717, 1.165) is 26.8 Å². The second-order valence-corrected chi connectivity index (χ2v) is 7.28. The average Bonchev–Trinajstić information content (AvgIpc) is 3.21. The number of hydrogen-bond acceptors (Lipinski definition) is 3. The van der Waals surface area contributed by atoms with E-state index in [9.17, 15) is 0 Å². The number of benzene rings is 3. The first-order chi connectivity index (χ1) is 12.8. The molecule has 128 valence electrons. The molecule has 0 atom stereocenters. The summed E-state index contributed by atoms with van der Waals surface area (Å²) in [5.74, 6) is 0. The van der Waals surface area contributed by atoms with Gasteiger partial charge < -0.3 is 5.32 Å². The summed E-state index contributed by atoms with van der Waals surface area (Å²) in [5, 5.41) is 7.27. The first-order valence-electron chi connectivity index (χ1n) is 8.34. The zero-order valence-corrected chi connectivity index (χ0v) is 15.5. The predicted molar refractivity (Wildman–Crippen MR) is 110 cm³/mol. The number of thiazole rings is 1. The lowest BCUT2D eigenvalue weighted by atomic mass is 9.77. The summed E-state index contributed by atoms with van der Waals surface area (Å²) in [7, 11) is 0. The van der Waals surface area contributed by atoms with E-state index in [4.69, 9.17) is 11.6 Å². The van der Waals surface area contributed by atoms with Gasteiger partial charge in [0.1, 0.15) is 5.54 Å². The van der Waals surface area contributed by atoms with Crippen LogP contribution in [0.25, 0.3) is 0 Å². The summed E-state index contributed by atoms with van der Waals surface area (Å²) >= 11 is 7.75. The molecule has 0 saturated carbocycles. The van der Waals surface area contributed by atoms with Crippen molar-refractivity contribution in [2.45, 2.75) is 5.54 Å². The van der Waals surface area contributed by atoms with Crippen LogP contribution in [0.15, 0.2) is 96.5 Å². The number of hydrogen-bond donors (Lipinski definition) is 1. The van der Waals surface area contributed by atoms with E-state index < -0.39 is 5.54 Å². The lowest BCUT2D eigenvalue weighted by molar-refractivity contribution is 0.710. The van der Waals surface area contributed by atoms with Crippen LogP contribution in [0.2, 0.25) is 5.02 Å². The highest BCUT2D eigenvalue weighted by molar-refractivity contribution is 7.13. The van der Waals surface area contributed by atoms with Crippen molar-refractivity contribution in [3.63, 3.8) is 0 Å². The Morgan fingerprint density at radius 2 is 1.27 bits per heavy atom. The molecule has 0 radical (unpaired) electrons. The molecule has 0 aliphatic carbocycles. The van der Waals surface area contributed by atoms with Crippen molar-refractivity contribution in [2.24, 2.45) is 0 Å². The molecule has 26 heavy (non-hydrogen) atoms. The molecule has 4 heteroatoms. The van der Waals surface area contributed by atoms with Gasteiger partial charge in [0.2, 0.25) is 0 Å². The molecule has 4 rings (SSSR count). The van der Waals surface area contributed by atoms with Crippen LogP contribution in [0.3, 0.4) is 0 Å². The third kappa shape index (κ3) is 3.12. The fourth-order valence-electron chi connectivity index (χ4n) is 3.24. The van der Waals surface area contributed by atoms with Gasteiger partial charge in [0.05, 0.1) is 0 Å². The summed E-state index contributed by atoms with van der Waals surface area (Å²) in [4.78, 5) is 4.48. The SMILES string of the molecule is Clc1ccc(C(Nc2nccs2)(c2ccccc2)c2ccccc2)cc1.